The third kappa shape index (κ3) is 3.72. The van der Waals surface area contributed by atoms with Crippen LogP contribution in [0.15, 0.2) is 18.2 Å². The fourth-order valence-electron chi connectivity index (χ4n) is 3.12. The van der Waals surface area contributed by atoms with Crippen LogP contribution in [-0.4, -0.2) is 12.4 Å². The van der Waals surface area contributed by atoms with Gasteiger partial charge in [-0.2, -0.15) is 12.6 Å². The van der Waals surface area contributed by atoms with Crippen molar-refractivity contribution in [3.8, 4) is 5.75 Å². The average Bonchev–Trinajstić information content (AvgIpc) is 2.46. The van der Waals surface area contributed by atoms with Crippen LogP contribution in [0.2, 0.25) is 0 Å². The molecule has 1 aliphatic carbocycles. The van der Waals surface area contributed by atoms with Crippen molar-refractivity contribution >= 4 is 12.6 Å². The van der Waals surface area contributed by atoms with Gasteiger partial charge in [0.05, 0.1) is 6.61 Å². The number of hydrogen-bond donors (Lipinski definition) is 1. The van der Waals surface area contributed by atoms with Crippen LogP contribution in [0, 0.1) is 12.3 Å². The first-order chi connectivity index (χ1) is 9.56. The van der Waals surface area contributed by atoms with E-state index < -0.39 is 0 Å². The van der Waals surface area contributed by atoms with Crippen molar-refractivity contribution in [2.24, 2.45) is 5.41 Å². The zero-order valence-corrected chi connectivity index (χ0v) is 14.0. The highest BCUT2D eigenvalue weighted by Gasteiger charge is 2.31. The van der Waals surface area contributed by atoms with E-state index in [0.717, 1.165) is 18.1 Å². The number of hydrogen-bond acceptors (Lipinski definition) is 2. The van der Waals surface area contributed by atoms with Gasteiger partial charge in [0.1, 0.15) is 5.75 Å². The van der Waals surface area contributed by atoms with E-state index in [0.29, 0.717) is 11.3 Å². The van der Waals surface area contributed by atoms with Gasteiger partial charge in [0.25, 0.3) is 0 Å². The smallest absolute Gasteiger partial charge is 0.123 e. The van der Waals surface area contributed by atoms with Crippen molar-refractivity contribution in [3.63, 3.8) is 0 Å². The number of aryl methyl sites for hydroxylation is 1. The van der Waals surface area contributed by atoms with Crippen LogP contribution in [-0.2, 0) is 0 Å². The number of ether oxygens (including phenoxy) is 1. The first-order valence-corrected chi connectivity index (χ1v) is 8.54. The molecule has 1 saturated carbocycles. The van der Waals surface area contributed by atoms with E-state index in [1.807, 2.05) is 0 Å². The van der Waals surface area contributed by atoms with Crippen LogP contribution in [0.1, 0.15) is 63.0 Å². The molecule has 0 heterocycles. The topological polar surface area (TPSA) is 9.23 Å². The van der Waals surface area contributed by atoms with E-state index in [4.69, 9.17) is 4.74 Å². The first kappa shape index (κ1) is 15.8. The summed E-state index contributed by atoms with van der Waals surface area (Å²) in [5.41, 5.74) is 2.88. The van der Waals surface area contributed by atoms with Crippen LogP contribution in [0.5, 0.6) is 5.75 Å². The van der Waals surface area contributed by atoms with Crippen molar-refractivity contribution in [2.45, 2.75) is 58.8 Å². The molecule has 1 nitrogen and oxygen atoms in total. The van der Waals surface area contributed by atoms with E-state index in [9.17, 15) is 0 Å². The normalized spacial score (nSPS) is 18.2. The van der Waals surface area contributed by atoms with Crippen molar-refractivity contribution in [2.75, 3.05) is 12.4 Å². The minimum absolute atomic E-state index is 0.291. The molecule has 112 valence electrons. The van der Waals surface area contributed by atoms with Gasteiger partial charge >= 0.3 is 0 Å². The standard InChI is InChI=1S/C18H28OS/c1-14(2)16-8-7-15(3)11-17(16)19-12-18(13-20)9-5-4-6-10-18/h7-8,11,14,20H,4-6,9-10,12-13H2,1-3H3. The zero-order valence-electron chi connectivity index (χ0n) is 13.1. The highest BCUT2D eigenvalue weighted by Crippen LogP contribution is 2.38. The molecule has 1 fully saturated rings. The quantitative estimate of drug-likeness (QED) is 0.717. The SMILES string of the molecule is Cc1ccc(C(C)C)c(OCC2(CS)CCCCC2)c1. The summed E-state index contributed by atoms with van der Waals surface area (Å²) in [6, 6.07) is 6.57. The second kappa shape index (κ2) is 6.89. The molecule has 20 heavy (non-hydrogen) atoms. The fourth-order valence-corrected chi connectivity index (χ4v) is 3.53. The van der Waals surface area contributed by atoms with E-state index in [1.165, 1.54) is 43.2 Å². The Labute approximate surface area is 129 Å². The maximum absolute atomic E-state index is 6.26. The molecule has 0 spiro atoms. The Balaban J connectivity index is 2.11. The molecule has 0 atom stereocenters. The summed E-state index contributed by atoms with van der Waals surface area (Å²) in [6.07, 6.45) is 6.55. The Hall–Kier alpha value is -0.630. The monoisotopic (exact) mass is 292 g/mol. The maximum Gasteiger partial charge on any atom is 0.123 e. The van der Waals surface area contributed by atoms with Gasteiger partial charge in [-0.15, -0.1) is 0 Å². The van der Waals surface area contributed by atoms with Crippen molar-refractivity contribution < 1.29 is 4.74 Å². The van der Waals surface area contributed by atoms with E-state index in [1.54, 1.807) is 0 Å². The van der Waals surface area contributed by atoms with Gasteiger partial charge in [0.15, 0.2) is 0 Å². The van der Waals surface area contributed by atoms with Crippen molar-refractivity contribution in [3.05, 3.63) is 29.3 Å². The zero-order chi connectivity index (χ0) is 14.6. The summed E-state index contributed by atoms with van der Waals surface area (Å²) >= 11 is 4.60. The Morgan fingerprint density at radius 2 is 1.90 bits per heavy atom. The van der Waals surface area contributed by atoms with Crippen LogP contribution >= 0.6 is 12.6 Å². The van der Waals surface area contributed by atoms with Crippen molar-refractivity contribution in [1.29, 1.82) is 0 Å². The van der Waals surface area contributed by atoms with Gasteiger partial charge in [-0.1, -0.05) is 45.2 Å². The summed E-state index contributed by atoms with van der Waals surface area (Å²) in [5.74, 6) is 2.52. The number of thiol groups is 1. The van der Waals surface area contributed by atoms with Crippen LogP contribution in [0.3, 0.4) is 0 Å². The fraction of sp³-hybridized carbons (Fsp3) is 0.667. The molecule has 0 amide bonds. The number of benzene rings is 1. The average molecular weight is 292 g/mol. The third-order valence-electron chi connectivity index (χ3n) is 4.57. The second-order valence-corrected chi connectivity index (χ2v) is 7.02. The Kier molecular flexibility index (Phi) is 5.42. The molecular weight excluding hydrogens is 264 g/mol. The lowest BCUT2D eigenvalue weighted by Crippen LogP contribution is -2.33. The molecule has 2 heteroatoms. The lowest BCUT2D eigenvalue weighted by atomic mass is 9.76. The molecule has 2 rings (SSSR count). The predicted molar refractivity (Wildman–Crippen MR) is 90.1 cm³/mol. The van der Waals surface area contributed by atoms with Gasteiger partial charge in [-0.05, 0) is 48.6 Å². The summed E-state index contributed by atoms with van der Waals surface area (Å²) in [4.78, 5) is 0. The van der Waals surface area contributed by atoms with E-state index in [-0.39, 0.29) is 0 Å². The minimum Gasteiger partial charge on any atom is -0.493 e. The summed E-state index contributed by atoms with van der Waals surface area (Å²) in [6.45, 7) is 7.41. The van der Waals surface area contributed by atoms with E-state index in [2.05, 4.69) is 51.6 Å². The van der Waals surface area contributed by atoms with Crippen LogP contribution in [0.4, 0.5) is 0 Å². The third-order valence-corrected chi connectivity index (χ3v) is 5.25. The summed E-state index contributed by atoms with van der Waals surface area (Å²) in [5, 5.41) is 0. The highest BCUT2D eigenvalue weighted by molar-refractivity contribution is 7.80. The number of rotatable bonds is 5. The largest absolute Gasteiger partial charge is 0.493 e. The molecule has 0 unspecified atom stereocenters. The lowest BCUT2D eigenvalue weighted by Gasteiger charge is -2.36. The Morgan fingerprint density at radius 1 is 1.20 bits per heavy atom. The second-order valence-electron chi connectivity index (χ2n) is 6.70. The predicted octanol–water partition coefficient (Wildman–Crippen LogP) is 5.38. The maximum atomic E-state index is 6.26. The Bertz CT molecular complexity index is 433. The molecule has 0 N–H and O–H groups in total. The highest BCUT2D eigenvalue weighted by atomic mass is 32.1. The van der Waals surface area contributed by atoms with Gasteiger partial charge in [0.2, 0.25) is 0 Å². The van der Waals surface area contributed by atoms with Gasteiger partial charge in [-0.3, -0.25) is 0 Å². The van der Waals surface area contributed by atoms with Gasteiger partial charge in [-0.25, -0.2) is 0 Å². The van der Waals surface area contributed by atoms with E-state index >= 15 is 0 Å². The molecule has 1 aromatic carbocycles. The molecule has 1 aliphatic rings. The molecule has 0 aliphatic heterocycles. The molecule has 0 saturated heterocycles. The molecule has 0 bridgehead atoms. The minimum atomic E-state index is 0.291. The molecule has 1 aromatic rings. The van der Waals surface area contributed by atoms with Crippen molar-refractivity contribution in [1.82, 2.24) is 0 Å². The molecular formula is C18H28OS. The Morgan fingerprint density at radius 3 is 2.50 bits per heavy atom. The molecule has 0 radical (unpaired) electrons. The molecule has 0 aromatic heterocycles. The van der Waals surface area contributed by atoms with Gasteiger partial charge < -0.3 is 4.74 Å². The summed E-state index contributed by atoms with van der Waals surface area (Å²) < 4.78 is 6.26. The van der Waals surface area contributed by atoms with Crippen LogP contribution in [0.25, 0.3) is 0 Å². The first-order valence-electron chi connectivity index (χ1n) is 7.90. The van der Waals surface area contributed by atoms with Crippen LogP contribution < -0.4 is 4.74 Å². The summed E-state index contributed by atoms with van der Waals surface area (Å²) in [7, 11) is 0. The van der Waals surface area contributed by atoms with Gasteiger partial charge in [0, 0.05) is 5.41 Å². The lowest BCUT2D eigenvalue weighted by molar-refractivity contribution is 0.120.